The first kappa shape index (κ1) is 27.2. The van der Waals surface area contributed by atoms with E-state index in [1.54, 1.807) is 13.0 Å². The van der Waals surface area contributed by atoms with Crippen molar-refractivity contribution in [3.05, 3.63) is 71.2 Å². The van der Waals surface area contributed by atoms with Crippen molar-refractivity contribution in [3.8, 4) is 11.1 Å². The van der Waals surface area contributed by atoms with Crippen LogP contribution >= 0.6 is 0 Å². The summed E-state index contributed by atoms with van der Waals surface area (Å²) in [4.78, 5) is 49.5. The second-order valence-corrected chi connectivity index (χ2v) is 7.82. The number of hydrogen-bond donors (Lipinski definition) is 3. The zero-order valence-electron chi connectivity index (χ0n) is 18.4. The fourth-order valence-corrected chi connectivity index (χ4v) is 3.83. The van der Waals surface area contributed by atoms with Crippen LogP contribution in [0.2, 0.25) is 0 Å². The maximum absolute atomic E-state index is 14.9. The van der Waals surface area contributed by atoms with Crippen molar-refractivity contribution in [1.29, 1.82) is 0 Å². The van der Waals surface area contributed by atoms with Crippen LogP contribution in [0.5, 0.6) is 0 Å². The van der Waals surface area contributed by atoms with Gasteiger partial charge in [0.25, 0.3) is 5.91 Å². The SMILES string of the molecule is Cc1ccccc1-c1ccc(F)c([C@H](CC(=O)O)NC(=O)NC2C(=O)C=CN(C)C2=O)c1C.[NaH]. The molecule has 0 saturated heterocycles. The number of rotatable bonds is 6. The molecule has 1 aliphatic heterocycles. The molecule has 0 bridgehead atoms. The number of aliphatic carboxylic acids is 1. The van der Waals surface area contributed by atoms with E-state index in [1.165, 1.54) is 19.3 Å². The van der Waals surface area contributed by atoms with Crippen molar-refractivity contribution in [3.63, 3.8) is 0 Å². The molecule has 2 aromatic carbocycles. The zero-order chi connectivity index (χ0) is 24.3. The number of nitrogens with zero attached hydrogens (tertiary/aromatic N) is 1. The Morgan fingerprint density at radius 2 is 1.79 bits per heavy atom. The van der Waals surface area contributed by atoms with Crippen molar-refractivity contribution in [2.75, 3.05) is 7.05 Å². The Hall–Kier alpha value is -3.01. The summed E-state index contributed by atoms with van der Waals surface area (Å²) < 4.78 is 14.9. The van der Waals surface area contributed by atoms with Crippen LogP contribution in [-0.2, 0) is 14.4 Å². The molecule has 1 heterocycles. The zero-order valence-corrected chi connectivity index (χ0v) is 18.4. The van der Waals surface area contributed by atoms with E-state index in [-0.39, 0.29) is 35.1 Å². The first-order valence-electron chi connectivity index (χ1n) is 10.2. The van der Waals surface area contributed by atoms with Gasteiger partial charge in [-0.3, -0.25) is 14.4 Å². The first-order valence-corrected chi connectivity index (χ1v) is 10.2. The number of amides is 3. The Bertz CT molecular complexity index is 1170. The summed E-state index contributed by atoms with van der Waals surface area (Å²) in [7, 11) is 1.43. The van der Waals surface area contributed by atoms with Crippen LogP contribution in [0.1, 0.15) is 29.2 Å². The molecule has 0 fully saturated rings. The molecule has 3 N–H and O–H groups in total. The molecule has 10 heteroatoms. The van der Waals surface area contributed by atoms with E-state index in [0.29, 0.717) is 11.1 Å². The number of benzene rings is 2. The molecule has 0 radical (unpaired) electrons. The predicted octanol–water partition coefficient (Wildman–Crippen LogP) is 2.20. The number of carbonyl (C=O) groups is 4. The molecule has 8 nitrogen and oxygen atoms in total. The second kappa shape index (κ2) is 11.4. The van der Waals surface area contributed by atoms with Crippen molar-refractivity contribution >= 4 is 53.2 Å². The van der Waals surface area contributed by atoms with Gasteiger partial charge in [-0.15, -0.1) is 0 Å². The number of carboxylic acids is 1. The minimum absolute atomic E-state index is 0. The number of aryl methyl sites for hydroxylation is 1. The standard InChI is InChI=1S/C24H24FN3O5.Na.H/c1-13-6-4-5-7-15(13)16-8-9-17(25)21(14(16)2)18(12-20(30)31)26-24(33)27-22-19(29)10-11-28(3)23(22)32;;/h4-11,18,22H,12H2,1-3H3,(H,30,31)(H2,26,27,33);;/t18-,22?;;/m0../s1. The summed E-state index contributed by atoms with van der Waals surface area (Å²) in [6.45, 7) is 3.56. The molecule has 174 valence electrons. The average Bonchev–Trinajstić information content (AvgIpc) is 2.74. The van der Waals surface area contributed by atoms with Gasteiger partial charge in [0.05, 0.1) is 12.5 Å². The molecule has 1 unspecified atom stereocenters. The Balaban J connectivity index is 0.00000408. The van der Waals surface area contributed by atoms with E-state index in [4.69, 9.17) is 0 Å². The Morgan fingerprint density at radius 3 is 2.44 bits per heavy atom. The summed E-state index contributed by atoms with van der Waals surface area (Å²) in [5.74, 6) is -3.19. The van der Waals surface area contributed by atoms with E-state index in [0.717, 1.165) is 22.1 Å². The van der Waals surface area contributed by atoms with Crippen LogP contribution in [0, 0.1) is 19.7 Å². The van der Waals surface area contributed by atoms with Crippen LogP contribution in [0.15, 0.2) is 48.7 Å². The Morgan fingerprint density at radius 1 is 1.12 bits per heavy atom. The summed E-state index contributed by atoms with van der Waals surface area (Å²) in [5.41, 5.74) is 2.99. The fraction of sp³-hybridized carbons (Fsp3) is 0.250. The topological polar surface area (TPSA) is 116 Å². The molecule has 3 amide bonds. The van der Waals surface area contributed by atoms with Gasteiger partial charge in [-0.1, -0.05) is 30.3 Å². The van der Waals surface area contributed by atoms with Gasteiger partial charge in [-0.2, -0.15) is 0 Å². The molecule has 34 heavy (non-hydrogen) atoms. The molecule has 0 aromatic heterocycles. The quantitative estimate of drug-likeness (QED) is 0.436. The Kier molecular flexibility index (Phi) is 9.14. The summed E-state index contributed by atoms with van der Waals surface area (Å²) in [5, 5.41) is 14.1. The van der Waals surface area contributed by atoms with Crippen molar-refractivity contribution in [2.24, 2.45) is 0 Å². The summed E-state index contributed by atoms with van der Waals surface area (Å²) in [6.07, 6.45) is 1.83. The van der Waals surface area contributed by atoms with Crippen molar-refractivity contribution in [1.82, 2.24) is 15.5 Å². The number of carbonyl (C=O) groups excluding carboxylic acids is 3. The fourth-order valence-electron chi connectivity index (χ4n) is 3.83. The van der Waals surface area contributed by atoms with E-state index in [1.807, 2.05) is 31.2 Å². The minimum atomic E-state index is -1.45. The van der Waals surface area contributed by atoms with Crippen molar-refractivity contribution < 1.29 is 28.7 Å². The molecule has 2 aromatic rings. The third-order valence-corrected chi connectivity index (χ3v) is 5.55. The van der Waals surface area contributed by atoms with E-state index < -0.39 is 48.0 Å². The molecule has 0 saturated carbocycles. The molecular formula is C24H25FN3NaO5. The second-order valence-electron chi connectivity index (χ2n) is 7.82. The van der Waals surface area contributed by atoms with E-state index in [2.05, 4.69) is 10.6 Å². The van der Waals surface area contributed by atoms with Gasteiger partial charge in [-0.25, -0.2) is 9.18 Å². The number of hydrogen-bond acceptors (Lipinski definition) is 4. The van der Waals surface area contributed by atoms with Crippen LogP contribution in [0.4, 0.5) is 9.18 Å². The maximum atomic E-state index is 14.9. The van der Waals surface area contributed by atoms with Crippen LogP contribution < -0.4 is 10.6 Å². The number of carboxylic acid groups (broad SMARTS) is 1. The van der Waals surface area contributed by atoms with Gasteiger partial charge < -0.3 is 20.6 Å². The van der Waals surface area contributed by atoms with Crippen LogP contribution in [0.3, 0.4) is 0 Å². The number of urea groups is 1. The summed E-state index contributed by atoms with van der Waals surface area (Å²) >= 11 is 0. The average molecular weight is 477 g/mol. The van der Waals surface area contributed by atoms with Crippen LogP contribution in [-0.4, -0.2) is 76.3 Å². The van der Waals surface area contributed by atoms with Gasteiger partial charge in [-0.05, 0) is 42.2 Å². The molecule has 0 spiro atoms. The number of halogens is 1. The number of nitrogens with one attached hydrogen (secondary N) is 2. The van der Waals surface area contributed by atoms with E-state index >= 15 is 0 Å². The third kappa shape index (κ3) is 5.91. The summed E-state index contributed by atoms with van der Waals surface area (Å²) in [6, 6.07) is 6.67. The van der Waals surface area contributed by atoms with Crippen LogP contribution in [0.25, 0.3) is 11.1 Å². The molecule has 0 aliphatic carbocycles. The molecule has 2 atom stereocenters. The van der Waals surface area contributed by atoms with E-state index in [9.17, 15) is 28.7 Å². The first-order chi connectivity index (χ1) is 15.6. The monoisotopic (exact) mass is 477 g/mol. The number of likely N-dealkylation sites (N-methyl/N-ethyl adjacent to an activating group) is 1. The van der Waals surface area contributed by atoms with Gasteiger partial charge >= 0.3 is 41.6 Å². The number of ketones is 1. The predicted molar refractivity (Wildman–Crippen MR) is 126 cm³/mol. The van der Waals surface area contributed by atoms with Crippen molar-refractivity contribution in [2.45, 2.75) is 32.4 Å². The Labute approximate surface area is 218 Å². The third-order valence-electron chi connectivity index (χ3n) is 5.55. The van der Waals surface area contributed by atoms with Gasteiger partial charge in [0.15, 0.2) is 11.8 Å². The van der Waals surface area contributed by atoms with Gasteiger partial charge in [0, 0.05) is 24.9 Å². The molecule has 1 aliphatic rings. The van der Waals surface area contributed by atoms with Gasteiger partial charge in [0.1, 0.15) is 5.82 Å². The van der Waals surface area contributed by atoms with Gasteiger partial charge in [0.2, 0.25) is 0 Å². The molecule has 3 rings (SSSR count). The normalized spacial score (nSPS) is 16.0. The molecular weight excluding hydrogens is 452 g/mol.